The molecular weight excluding hydrogens is 372 g/mol. The number of nitrogens with one attached hydrogen (secondary N) is 3. The number of likely N-dealkylation sites (N-methyl/N-ethyl adjacent to an activating group) is 1. The lowest BCUT2D eigenvalue weighted by Crippen LogP contribution is -2.34. The quantitative estimate of drug-likeness (QED) is 0.635. The molecule has 0 radical (unpaired) electrons. The van der Waals surface area contributed by atoms with E-state index in [4.69, 9.17) is 9.47 Å². The summed E-state index contributed by atoms with van der Waals surface area (Å²) in [5, 5.41) is 8.38. The van der Waals surface area contributed by atoms with E-state index in [0.717, 1.165) is 19.6 Å². The fraction of sp³-hybridized carbons (Fsp3) is 0.333. The van der Waals surface area contributed by atoms with Gasteiger partial charge in [-0.05, 0) is 49.5 Å². The van der Waals surface area contributed by atoms with Crippen molar-refractivity contribution < 1.29 is 19.1 Å². The van der Waals surface area contributed by atoms with Crippen LogP contribution in [0.2, 0.25) is 0 Å². The van der Waals surface area contributed by atoms with Gasteiger partial charge in [0, 0.05) is 36.1 Å². The first-order valence-electron chi connectivity index (χ1n) is 9.67. The number of fused-ring (bicyclic) bond motifs is 1. The van der Waals surface area contributed by atoms with Crippen molar-refractivity contribution in [3.8, 4) is 11.5 Å². The van der Waals surface area contributed by atoms with Crippen molar-refractivity contribution in [2.75, 3.05) is 43.6 Å². The Balaban J connectivity index is 1.48. The monoisotopic (exact) mass is 398 g/mol. The summed E-state index contributed by atoms with van der Waals surface area (Å²) < 4.78 is 10.5. The van der Waals surface area contributed by atoms with Gasteiger partial charge in [-0.3, -0.25) is 4.79 Å². The molecule has 0 bridgehead atoms. The predicted octanol–water partition coefficient (Wildman–Crippen LogP) is 3.13. The van der Waals surface area contributed by atoms with E-state index in [1.807, 2.05) is 0 Å². The van der Waals surface area contributed by atoms with Crippen LogP contribution in [0.5, 0.6) is 11.5 Å². The number of nitrogens with zero attached hydrogens (tertiary/aromatic N) is 1. The maximum absolute atomic E-state index is 12.2. The molecule has 1 aliphatic rings. The van der Waals surface area contributed by atoms with Crippen LogP contribution < -0.4 is 25.4 Å². The Morgan fingerprint density at radius 1 is 0.931 bits per heavy atom. The van der Waals surface area contributed by atoms with Gasteiger partial charge in [-0.1, -0.05) is 13.8 Å². The van der Waals surface area contributed by atoms with E-state index in [1.165, 1.54) is 0 Å². The normalized spacial score (nSPS) is 12.0. The van der Waals surface area contributed by atoms with E-state index in [-0.39, 0.29) is 18.7 Å². The van der Waals surface area contributed by atoms with Crippen molar-refractivity contribution in [2.45, 2.75) is 13.8 Å². The summed E-state index contributed by atoms with van der Waals surface area (Å²) >= 11 is 0. The molecule has 3 rings (SSSR count). The first-order valence-corrected chi connectivity index (χ1v) is 9.67. The van der Waals surface area contributed by atoms with Crippen molar-refractivity contribution in [3.63, 3.8) is 0 Å². The van der Waals surface area contributed by atoms with Gasteiger partial charge in [0.25, 0.3) is 5.91 Å². The van der Waals surface area contributed by atoms with E-state index in [2.05, 4.69) is 34.7 Å². The van der Waals surface area contributed by atoms with Crippen LogP contribution in [0, 0.1) is 0 Å². The Hall–Kier alpha value is -3.26. The molecule has 0 aliphatic carbocycles. The fourth-order valence-corrected chi connectivity index (χ4v) is 2.94. The zero-order chi connectivity index (χ0) is 20.6. The first-order chi connectivity index (χ1) is 14.1. The number of amides is 3. The highest BCUT2D eigenvalue weighted by Gasteiger charge is 2.14. The average molecular weight is 398 g/mol. The number of hydrogen-bond acceptors (Lipinski definition) is 5. The molecule has 0 spiro atoms. The number of carbonyl (C=O) groups excluding carboxylic acids is 2. The van der Waals surface area contributed by atoms with Crippen molar-refractivity contribution in [3.05, 3.63) is 48.0 Å². The van der Waals surface area contributed by atoms with E-state index < -0.39 is 0 Å². The molecule has 1 aliphatic heterocycles. The van der Waals surface area contributed by atoms with Gasteiger partial charge >= 0.3 is 6.03 Å². The van der Waals surface area contributed by atoms with Crippen LogP contribution >= 0.6 is 0 Å². The van der Waals surface area contributed by atoms with Gasteiger partial charge in [0.1, 0.15) is 0 Å². The lowest BCUT2D eigenvalue weighted by molar-refractivity contribution is 0.0949. The molecule has 0 aromatic heterocycles. The minimum absolute atomic E-state index is 0.131. The number of urea groups is 1. The third-order valence-electron chi connectivity index (χ3n) is 4.64. The van der Waals surface area contributed by atoms with Gasteiger partial charge in [-0.2, -0.15) is 0 Å². The fourth-order valence-electron chi connectivity index (χ4n) is 2.94. The van der Waals surface area contributed by atoms with Crippen LogP contribution in [-0.4, -0.2) is 49.8 Å². The van der Waals surface area contributed by atoms with Crippen molar-refractivity contribution in [1.29, 1.82) is 0 Å². The van der Waals surface area contributed by atoms with Gasteiger partial charge in [-0.25, -0.2) is 4.79 Å². The van der Waals surface area contributed by atoms with E-state index in [0.29, 0.717) is 35.0 Å². The maximum Gasteiger partial charge on any atom is 0.323 e. The summed E-state index contributed by atoms with van der Waals surface area (Å²) in [5.41, 5.74) is 1.73. The number of anilines is 2. The lowest BCUT2D eigenvalue weighted by atomic mass is 10.2. The molecular formula is C21H26N4O4. The summed E-state index contributed by atoms with van der Waals surface area (Å²) in [6, 6.07) is 11.5. The SMILES string of the molecule is CCN(CC)CCNC(=O)c1ccc(NC(=O)Nc2ccc3c(c2)OCO3)cc1. The second kappa shape index (κ2) is 9.79. The zero-order valence-corrected chi connectivity index (χ0v) is 16.7. The maximum atomic E-state index is 12.2. The van der Waals surface area contributed by atoms with Gasteiger partial charge in [0.05, 0.1) is 0 Å². The van der Waals surface area contributed by atoms with Gasteiger partial charge in [-0.15, -0.1) is 0 Å². The third kappa shape index (κ3) is 5.61. The summed E-state index contributed by atoms with van der Waals surface area (Å²) in [6.07, 6.45) is 0. The molecule has 0 saturated carbocycles. The van der Waals surface area contributed by atoms with Crippen LogP contribution in [0.15, 0.2) is 42.5 Å². The minimum atomic E-state index is -0.389. The van der Waals surface area contributed by atoms with Crippen molar-refractivity contribution in [1.82, 2.24) is 10.2 Å². The van der Waals surface area contributed by atoms with E-state index in [9.17, 15) is 9.59 Å². The molecule has 0 atom stereocenters. The summed E-state index contributed by atoms with van der Waals surface area (Å²) in [4.78, 5) is 26.6. The molecule has 154 valence electrons. The Labute approximate surface area is 170 Å². The van der Waals surface area contributed by atoms with Gasteiger partial charge in [0.2, 0.25) is 6.79 Å². The Bertz CT molecular complexity index is 850. The van der Waals surface area contributed by atoms with Crippen molar-refractivity contribution >= 4 is 23.3 Å². The smallest absolute Gasteiger partial charge is 0.323 e. The number of carbonyl (C=O) groups is 2. The number of rotatable bonds is 8. The third-order valence-corrected chi connectivity index (χ3v) is 4.64. The molecule has 2 aromatic carbocycles. The lowest BCUT2D eigenvalue weighted by Gasteiger charge is -2.18. The van der Waals surface area contributed by atoms with Crippen LogP contribution in [-0.2, 0) is 0 Å². The highest BCUT2D eigenvalue weighted by molar-refractivity contribution is 6.00. The number of hydrogen-bond donors (Lipinski definition) is 3. The van der Waals surface area contributed by atoms with Gasteiger partial charge < -0.3 is 30.3 Å². The molecule has 8 nitrogen and oxygen atoms in total. The molecule has 8 heteroatoms. The molecule has 0 saturated heterocycles. The average Bonchev–Trinajstić information content (AvgIpc) is 3.19. The largest absolute Gasteiger partial charge is 0.454 e. The minimum Gasteiger partial charge on any atom is -0.454 e. The van der Waals surface area contributed by atoms with Crippen LogP contribution in [0.4, 0.5) is 16.2 Å². The molecule has 2 aromatic rings. The molecule has 0 unspecified atom stereocenters. The first kappa shape index (κ1) is 20.5. The molecule has 3 N–H and O–H groups in total. The van der Waals surface area contributed by atoms with E-state index in [1.54, 1.807) is 42.5 Å². The summed E-state index contributed by atoms with van der Waals surface area (Å²) in [7, 11) is 0. The Morgan fingerprint density at radius 2 is 1.59 bits per heavy atom. The Morgan fingerprint density at radius 3 is 2.31 bits per heavy atom. The topological polar surface area (TPSA) is 91.9 Å². The van der Waals surface area contributed by atoms with Crippen molar-refractivity contribution in [2.24, 2.45) is 0 Å². The number of ether oxygens (including phenoxy) is 2. The zero-order valence-electron chi connectivity index (χ0n) is 16.7. The molecule has 3 amide bonds. The predicted molar refractivity (Wildman–Crippen MR) is 112 cm³/mol. The summed E-state index contributed by atoms with van der Waals surface area (Å²) in [6.45, 7) is 7.71. The molecule has 29 heavy (non-hydrogen) atoms. The highest BCUT2D eigenvalue weighted by Crippen LogP contribution is 2.34. The van der Waals surface area contributed by atoms with Crippen LogP contribution in [0.3, 0.4) is 0 Å². The Kier molecular flexibility index (Phi) is 6.91. The second-order valence-corrected chi connectivity index (χ2v) is 6.51. The standard InChI is InChI=1S/C21H26N4O4/c1-3-25(4-2)12-11-22-20(26)15-5-7-16(8-6-15)23-21(27)24-17-9-10-18-19(13-17)29-14-28-18/h5-10,13H,3-4,11-12,14H2,1-2H3,(H,22,26)(H2,23,24,27). The highest BCUT2D eigenvalue weighted by atomic mass is 16.7. The van der Waals surface area contributed by atoms with E-state index >= 15 is 0 Å². The molecule has 1 heterocycles. The van der Waals surface area contributed by atoms with Crippen LogP contribution in [0.25, 0.3) is 0 Å². The second-order valence-electron chi connectivity index (χ2n) is 6.51. The summed E-state index contributed by atoms with van der Waals surface area (Å²) in [5.74, 6) is 1.12. The van der Waals surface area contributed by atoms with Crippen LogP contribution in [0.1, 0.15) is 24.2 Å². The molecule has 0 fully saturated rings. The number of benzene rings is 2. The van der Waals surface area contributed by atoms with Gasteiger partial charge in [0.15, 0.2) is 11.5 Å².